The number of methoxy groups -OCH3 is 1. The van der Waals surface area contributed by atoms with E-state index in [1.807, 2.05) is 36.9 Å². The van der Waals surface area contributed by atoms with Crippen LogP contribution in [0.25, 0.3) is 0 Å². The maximum atomic E-state index is 14.0. The first-order valence-corrected chi connectivity index (χ1v) is 10.7. The van der Waals surface area contributed by atoms with Gasteiger partial charge in [-0.15, -0.1) is 0 Å². The highest BCUT2D eigenvalue weighted by Gasteiger charge is 2.69. The van der Waals surface area contributed by atoms with Gasteiger partial charge in [-0.3, -0.25) is 9.59 Å². The lowest BCUT2D eigenvalue weighted by molar-refractivity contribution is -0.251. The van der Waals surface area contributed by atoms with Gasteiger partial charge in [0.1, 0.15) is 11.5 Å². The number of rotatable bonds is 2. The number of carbonyl (C=O) groups excluding carboxylic acids is 2. The van der Waals surface area contributed by atoms with E-state index in [1.165, 1.54) is 0 Å². The van der Waals surface area contributed by atoms with Gasteiger partial charge >= 0.3 is 0 Å². The van der Waals surface area contributed by atoms with Gasteiger partial charge in [0, 0.05) is 18.7 Å². The van der Waals surface area contributed by atoms with Gasteiger partial charge in [0.15, 0.2) is 5.60 Å². The number of ketones is 1. The van der Waals surface area contributed by atoms with Crippen LogP contribution in [0.5, 0.6) is 5.75 Å². The van der Waals surface area contributed by atoms with Crippen molar-refractivity contribution in [1.29, 1.82) is 0 Å². The molecule has 5 heteroatoms. The second kappa shape index (κ2) is 6.56. The minimum Gasteiger partial charge on any atom is -0.497 e. The van der Waals surface area contributed by atoms with Gasteiger partial charge in [-0.2, -0.15) is 0 Å². The Bertz CT molecular complexity index is 853. The van der Waals surface area contributed by atoms with E-state index < -0.39 is 11.2 Å². The fraction of sp³-hybridized carbons (Fsp3) is 0.667. The molecule has 5 nitrogen and oxygen atoms in total. The average Bonchev–Trinajstić information content (AvgIpc) is 2.69. The summed E-state index contributed by atoms with van der Waals surface area (Å²) in [5, 5.41) is 0. The molecule has 4 rings (SSSR count). The molecule has 1 aromatic carbocycles. The third-order valence-corrected chi connectivity index (χ3v) is 6.89. The van der Waals surface area contributed by atoms with Crippen LogP contribution in [-0.4, -0.2) is 36.5 Å². The monoisotopic (exact) mass is 399 g/mol. The number of hydrogen-bond donors (Lipinski definition) is 0. The van der Waals surface area contributed by atoms with E-state index in [2.05, 4.69) is 20.8 Å². The molecule has 0 N–H and O–H groups in total. The normalized spacial score (nSPS) is 31.4. The quantitative estimate of drug-likeness (QED) is 0.746. The Kier molecular flexibility index (Phi) is 4.61. The van der Waals surface area contributed by atoms with E-state index in [0.29, 0.717) is 13.0 Å². The van der Waals surface area contributed by atoms with Crippen molar-refractivity contribution in [2.24, 2.45) is 11.8 Å². The van der Waals surface area contributed by atoms with Crippen molar-refractivity contribution < 1.29 is 19.1 Å². The number of hydrogen-bond acceptors (Lipinski definition) is 4. The molecule has 1 amide bonds. The summed E-state index contributed by atoms with van der Waals surface area (Å²) in [7, 11) is 1.66. The third kappa shape index (κ3) is 3.09. The van der Waals surface area contributed by atoms with E-state index in [4.69, 9.17) is 9.47 Å². The SMILES string of the molecule is COc1ccc(N2CCC[C@@H]3C[C@@H]4C(=O)CC(C)(C)O[C@]34C2=O)c(C(C)(C)C)c1. The van der Waals surface area contributed by atoms with Crippen molar-refractivity contribution in [3.05, 3.63) is 23.8 Å². The van der Waals surface area contributed by atoms with E-state index in [0.717, 1.165) is 36.3 Å². The molecule has 1 spiro atoms. The predicted molar refractivity (Wildman–Crippen MR) is 112 cm³/mol. The zero-order chi connectivity index (χ0) is 21.2. The highest BCUT2D eigenvalue weighted by atomic mass is 16.5. The van der Waals surface area contributed by atoms with Crippen LogP contribution in [0.3, 0.4) is 0 Å². The largest absolute Gasteiger partial charge is 0.497 e. The van der Waals surface area contributed by atoms with E-state index in [9.17, 15) is 9.59 Å². The van der Waals surface area contributed by atoms with Crippen LogP contribution in [0.15, 0.2) is 18.2 Å². The first-order chi connectivity index (χ1) is 13.5. The summed E-state index contributed by atoms with van der Waals surface area (Å²) >= 11 is 0. The summed E-state index contributed by atoms with van der Waals surface area (Å²) in [6.45, 7) is 10.9. The highest BCUT2D eigenvalue weighted by Crippen LogP contribution is 2.57. The van der Waals surface area contributed by atoms with Crippen LogP contribution in [0.4, 0.5) is 5.69 Å². The fourth-order valence-electron chi connectivity index (χ4n) is 5.54. The van der Waals surface area contributed by atoms with Crippen LogP contribution in [0.2, 0.25) is 0 Å². The van der Waals surface area contributed by atoms with Gasteiger partial charge in [0.05, 0.1) is 18.6 Å². The van der Waals surface area contributed by atoms with E-state index in [-0.39, 0.29) is 28.9 Å². The Balaban J connectivity index is 1.81. The summed E-state index contributed by atoms with van der Waals surface area (Å²) in [4.78, 5) is 28.8. The number of amides is 1. The molecule has 3 aliphatic rings. The van der Waals surface area contributed by atoms with E-state index in [1.54, 1.807) is 7.11 Å². The second-order valence-corrected chi connectivity index (χ2v) is 10.5. The molecule has 3 fully saturated rings. The van der Waals surface area contributed by atoms with Gasteiger partial charge < -0.3 is 14.4 Å². The number of anilines is 1. The molecule has 158 valence electrons. The smallest absolute Gasteiger partial charge is 0.260 e. The van der Waals surface area contributed by atoms with Crippen LogP contribution in [0.1, 0.15) is 65.9 Å². The van der Waals surface area contributed by atoms with Crippen molar-refractivity contribution in [3.8, 4) is 5.75 Å². The molecule has 0 bridgehead atoms. The summed E-state index contributed by atoms with van der Waals surface area (Å²) in [5.41, 5.74) is 0.213. The number of carbonyl (C=O) groups is 2. The first-order valence-electron chi connectivity index (χ1n) is 10.7. The molecule has 1 aliphatic carbocycles. The summed E-state index contributed by atoms with van der Waals surface area (Å²) in [6, 6.07) is 5.92. The van der Waals surface area contributed by atoms with Crippen molar-refractivity contribution >= 4 is 17.4 Å². The Morgan fingerprint density at radius 2 is 1.93 bits per heavy atom. The van der Waals surface area contributed by atoms with Crippen LogP contribution < -0.4 is 9.64 Å². The van der Waals surface area contributed by atoms with E-state index >= 15 is 0 Å². The van der Waals surface area contributed by atoms with Gasteiger partial charge in [-0.25, -0.2) is 0 Å². The highest BCUT2D eigenvalue weighted by molar-refractivity contribution is 6.06. The first kappa shape index (κ1) is 20.4. The maximum absolute atomic E-state index is 14.0. The molecule has 2 heterocycles. The zero-order valence-corrected chi connectivity index (χ0v) is 18.5. The van der Waals surface area contributed by atoms with Gasteiger partial charge in [0.2, 0.25) is 0 Å². The number of Topliss-reactive ketones (excluding diaryl/α,β-unsaturated/α-hetero) is 1. The standard InChI is InChI=1S/C24H33NO4/c1-22(2,3)17-13-16(28-6)9-10-19(17)25-11-7-8-15-12-18-20(26)14-23(4,5)29-24(15,18)21(25)27/h9-10,13,15,18H,7-8,11-12,14H2,1-6H3/t15-,18-,24-/m1/s1. The zero-order valence-electron chi connectivity index (χ0n) is 18.5. The van der Waals surface area contributed by atoms with Gasteiger partial charge in [-0.1, -0.05) is 20.8 Å². The number of ether oxygens (including phenoxy) is 2. The molecule has 0 aromatic heterocycles. The summed E-state index contributed by atoms with van der Waals surface area (Å²) in [6.07, 6.45) is 3.00. The topological polar surface area (TPSA) is 55.8 Å². The fourth-order valence-corrected chi connectivity index (χ4v) is 5.54. The average molecular weight is 400 g/mol. The second-order valence-electron chi connectivity index (χ2n) is 10.5. The van der Waals surface area contributed by atoms with Crippen LogP contribution in [-0.2, 0) is 19.7 Å². The number of benzene rings is 1. The van der Waals surface area contributed by atoms with Crippen molar-refractivity contribution in [1.82, 2.24) is 0 Å². The Morgan fingerprint density at radius 3 is 2.59 bits per heavy atom. The lowest BCUT2D eigenvalue weighted by atomic mass is 9.55. The molecule has 2 saturated heterocycles. The molecule has 3 atom stereocenters. The van der Waals surface area contributed by atoms with Crippen molar-refractivity contribution in [2.45, 2.75) is 76.9 Å². The summed E-state index contributed by atoms with van der Waals surface area (Å²) in [5.74, 6) is 0.755. The minimum atomic E-state index is -0.996. The van der Waals surface area contributed by atoms with Crippen LogP contribution in [0, 0.1) is 11.8 Å². The molecular formula is C24H33NO4. The minimum absolute atomic E-state index is 0.0342. The Hall–Kier alpha value is -1.88. The number of nitrogens with zero attached hydrogens (tertiary/aromatic N) is 1. The molecule has 1 aromatic rings. The molecule has 29 heavy (non-hydrogen) atoms. The van der Waals surface area contributed by atoms with Gasteiger partial charge in [-0.05, 0) is 68.2 Å². The molecule has 0 unspecified atom stereocenters. The van der Waals surface area contributed by atoms with Gasteiger partial charge in [0.25, 0.3) is 5.91 Å². The Morgan fingerprint density at radius 1 is 1.21 bits per heavy atom. The van der Waals surface area contributed by atoms with Crippen molar-refractivity contribution in [3.63, 3.8) is 0 Å². The molecule has 1 saturated carbocycles. The lowest BCUT2D eigenvalue weighted by Crippen LogP contribution is -2.72. The summed E-state index contributed by atoms with van der Waals surface area (Å²) < 4.78 is 12.0. The molecule has 2 aliphatic heterocycles. The maximum Gasteiger partial charge on any atom is 0.260 e. The predicted octanol–water partition coefficient (Wildman–Crippen LogP) is 4.26. The lowest BCUT2D eigenvalue weighted by Gasteiger charge is -2.59. The molecule has 0 radical (unpaired) electrons. The Labute approximate surface area is 173 Å². The third-order valence-electron chi connectivity index (χ3n) is 6.89. The van der Waals surface area contributed by atoms with Crippen molar-refractivity contribution in [2.75, 3.05) is 18.6 Å². The molecular weight excluding hydrogens is 366 g/mol. The van der Waals surface area contributed by atoms with Crippen LogP contribution >= 0.6 is 0 Å².